The molecule has 2 atom stereocenters. The van der Waals surface area contributed by atoms with E-state index in [1.807, 2.05) is 48.8 Å². The second-order valence-electron chi connectivity index (χ2n) is 10.5. The predicted octanol–water partition coefficient (Wildman–Crippen LogP) is 7.67. The van der Waals surface area contributed by atoms with Crippen molar-refractivity contribution in [2.75, 3.05) is 24.6 Å². The molecule has 1 aromatic heterocycles. The zero-order valence-electron chi connectivity index (χ0n) is 22.2. The van der Waals surface area contributed by atoms with Gasteiger partial charge in [0.2, 0.25) is 0 Å². The summed E-state index contributed by atoms with van der Waals surface area (Å²) in [5, 5.41) is 14.4. The number of urea groups is 1. The number of aliphatic hydroxyl groups excluding tert-OH is 1. The summed E-state index contributed by atoms with van der Waals surface area (Å²) in [5.41, 5.74) is 6.22. The Balaban J connectivity index is 1.50. The van der Waals surface area contributed by atoms with E-state index in [4.69, 9.17) is 34.8 Å². The Kier molecular flexibility index (Phi) is 8.20. The summed E-state index contributed by atoms with van der Waals surface area (Å²) in [6.07, 6.45) is 4.30. The van der Waals surface area contributed by atoms with Gasteiger partial charge in [-0.1, -0.05) is 65.1 Å². The highest BCUT2D eigenvalue weighted by Gasteiger charge is 2.37. The topological polar surface area (TPSA) is 68.7 Å². The summed E-state index contributed by atoms with van der Waals surface area (Å²) < 4.78 is 0. The molecule has 3 heterocycles. The first-order valence-corrected chi connectivity index (χ1v) is 14.7. The number of para-hydroxylation sites is 1. The number of rotatable bonds is 7. The van der Waals surface area contributed by atoms with Gasteiger partial charge in [-0.05, 0) is 65.4 Å². The van der Waals surface area contributed by atoms with Gasteiger partial charge in [-0.15, -0.1) is 0 Å². The van der Waals surface area contributed by atoms with Crippen molar-refractivity contribution < 1.29 is 9.90 Å². The molecule has 210 valence electrons. The van der Waals surface area contributed by atoms with Gasteiger partial charge in [-0.2, -0.15) is 0 Å². The maximum atomic E-state index is 13.5. The van der Waals surface area contributed by atoms with Crippen LogP contribution in [0, 0.1) is 5.92 Å². The van der Waals surface area contributed by atoms with E-state index in [9.17, 15) is 9.90 Å². The number of hydrogen-bond donors (Lipinski definition) is 2. The number of amides is 2. The molecule has 0 bridgehead atoms. The minimum atomic E-state index is -0.299. The Morgan fingerprint density at radius 2 is 1.63 bits per heavy atom. The van der Waals surface area contributed by atoms with Crippen molar-refractivity contribution in [3.05, 3.63) is 111 Å². The number of anilines is 2. The van der Waals surface area contributed by atoms with Gasteiger partial charge >= 0.3 is 6.03 Å². The van der Waals surface area contributed by atoms with Gasteiger partial charge in [0.1, 0.15) is 0 Å². The van der Waals surface area contributed by atoms with Gasteiger partial charge in [0, 0.05) is 67.2 Å². The van der Waals surface area contributed by atoms with Crippen LogP contribution in [-0.2, 0) is 13.1 Å². The SMILES string of the molecule is O=C1NCc2c(-c3ccccc3Cl)cc(C3CN(Cc4ccncc4)CC3CCO)cc2N1c1c(Cl)cccc1Cl. The Hall–Kier alpha value is -3.13. The lowest BCUT2D eigenvalue weighted by Gasteiger charge is -2.34. The van der Waals surface area contributed by atoms with Crippen LogP contribution in [0.4, 0.5) is 16.2 Å². The number of halogens is 3. The minimum absolute atomic E-state index is 0.107. The predicted molar refractivity (Wildman–Crippen MR) is 165 cm³/mol. The summed E-state index contributed by atoms with van der Waals surface area (Å²) in [5.74, 6) is 0.359. The average molecular weight is 608 g/mol. The van der Waals surface area contributed by atoms with Crippen molar-refractivity contribution in [1.29, 1.82) is 0 Å². The summed E-state index contributed by atoms with van der Waals surface area (Å²) in [6, 6.07) is 21.0. The zero-order chi connectivity index (χ0) is 28.5. The number of nitrogens with zero attached hydrogens (tertiary/aromatic N) is 3. The molecule has 0 radical (unpaired) electrons. The monoisotopic (exact) mass is 606 g/mol. The number of pyridine rings is 1. The Bertz CT molecular complexity index is 1560. The van der Waals surface area contributed by atoms with E-state index in [2.05, 4.69) is 27.3 Å². The van der Waals surface area contributed by atoms with Crippen molar-refractivity contribution >= 4 is 52.2 Å². The number of aromatic nitrogens is 1. The van der Waals surface area contributed by atoms with Crippen molar-refractivity contribution in [3.8, 4) is 11.1 Å². The van der Waals surface area contributed by atoms with Gasteiger partial charge in [0.05, 0.1) is 21.4 Å². The number of carbonyl (C=O) groups excluding carboxylic acids is 1. The van der Waals surface area contributed by atoms with Gasteiger partial charge in [-0.3, -0.25) is 14.8 Å². The van der Waals surface area contributed by atoms with Crippen LogP contribution in [0.15, 0.2) is 79.1 Å². The van der Waals surface area contributed by atoms with Gasteiger partial charge in [-0.25, -0.2) is 4.79 Å². The normalized spacial score (nSPS) is 18.8. The molecule has 2 aliphatic heterocycles. The van der Waals surface area contributed by atoms with Crippen LogP contribution in [0.25, 0.3) is 11.1 Å². The molecule has 9 heteroatoms. The van der Waals surface area contributed by atoms with Crippen molar-refractivity contribution in [1.82, 2.24) is 15.2 Å². The molecular weight excluding hydrogens is 579 g/mol. The van der Waals surface area contributed by atoms with Crippen LogP contribution in [0.3, 0.4) is 0 Å². The van der Waals surface area contributed by atoms with Gasteiger partial charge < -0.3 is 10.4 Å². The third kappa shape index (κ3) is 5.55. The van der Waals surface area contributed by atoms with Crippen LogP contribution in [0.2, 0.25) is 15.1 Å². The standard InChI is InChI=1S/C32H29Cl3N4O2/c33-27-5-2-1-4-23(27)24-14-22(26-19-38(18-21(26)10-13-40)17-20-8-11-36-12-9-20)15-30-25(24)16-37-32(41)39(30)31-28(34)6-3-7-29(31)35/h1-9,11-12,14-15,21,26,40H,10,13,16-19H2,(H,37,41). The molecule has 1 fully saturated rings. The lowest BCUT2D eigenvalue weighted by atomic mass is 9.83. The number of fused-ring (bicyclic) bond motifs is 1. The van der Waals surface area contributed by atoms with E-state index in [-0.39, 0.29) is 24.5 Å². The zero-order valence-corrected chi connectivity index (χ0v) is 24.5. The molecule has 1 saturated heterocycles. The molecule has 41 heavy (non-hydrogen) atoms. The third-order valence-corrected chi connectivity index (χ3v) is 8.97. The summed E-state index contributed by atoms with van der Waals surface area (Å²) in [6.45, 7) is 2.91. The molecule has 6 nitrogen and oxygen atoms in total. The highest BCUT2D eigenvalue weighted by molar-refractivity contribution is 6.40. The molecule has 2 aliphatic rings. The average Bonchev–Trinajstić information content (AvgIpc) is 3.36. The molecule has 0 spiro atoms. The second-order valence-corrected chi connectivity index (χ2v) is 11.8. The molecule has 2 amide bonds. The molecule has 0 aliphatic carbocycles. The fraction of sp³-hybridized carbons (Fsp3) is 0.250. The first kappa shape index (κ1) is 28.0. The van der Waals surface area contributed by atoms with Gasteiger partial charge in [0.25, 0.3) is 0 Å². The summed E-state index contributed by atoms with van der Waals surface area (Å²) >= 11 is 20.0. The first-order valence-electron chi connectivity index (χ1n) is 13.6. The van der Waals surface area contributed by atoms with E-state index in [1.165, 1.54) is 5.56 Å². The van der Waals surface area contributed by atoms with Crippen molar-refractivity contribution in [2.45, 2.75) is 25.4 Å². The van der Waals surface area contributed by atoms with Crippen LogP contribution >= 0.6 is 34.8 Å². The quantitative estimate of drug-likeness (QED) is 0.226. The van der Waals surface area contributed by atoms with Crippen molar-refractivity contribution in [3.63, 3.8) is 0 Å². The van der Waals surface area contributed by atoms with Crippen LogP contribution in [0.1, 0.15) is 29.0 Å². The lowest BCUT2D eigenvalue weighted by Crippen LogP contribution is -2.42. The molecule has 2 N–H and O–H groups in total. The number of benzene rings is 3. The first-order chi connectivity index (χ1) is 19.9. The number of carbonyl (C=O) groups is 1. The Morgan fingerprint density at radius 1 is 0.902 bits per heavy atom. The summed E-state index contributed by atoms with van der Waals surface area (Å²) in [7, 11) is 0. The highest BCUT2D eigenvalue weighted by Crippen LogP contribution is 2.47. The molecule has 2 unspecified atom stereocenters. The molecule has 0 saturated carbocycles. The maximum Gasteiger partial charge on any atom is 0.326 e. The lowest BCUT2D eigenvalue weighted by molar-refractivity contribution is 0.246. The molecule has 6 rings (SSSR count). The third-order valence-electron chi connectivity index (χ3n) is 8.03. The van der Waals surface area contributed by atoms with E-state index in [0.717, 1.165) is 47.6 Å². The van der Waals surface area contributed by atoms with Gasteiger partial charge in [0.15, 0.2) is 0 Å². The molecular formula is C32H29Cl3N4O2. The van der Waals surface area contributed by atoms with Crippen LogP contribution in [-0.4, -0.2) is 40.7 Å². The van der Waals surface area contributed by atoms with Crippen molar-refractivity contribution in [2.24, 2.45) is 5.92 Å². The number of likely N-dealkylation sites (tertiary alicyclic amines) is 1. The van der Waals surface area contributed by atoms with E-state index >= 15 is 0 Å². The fourth-order valence-corrected chi connectivity index (χ4v) is 6.95. The molecule has 4 aromatic rings. The molecule has 3 aromatic carbocycles. The Labute approximate surface area is 254 Å². The van der Waals surface area contributed by atoms with Crippen LogP contribution in [0.5, 0.6) is 0 Å². The smallest absolute Gasteiger partial charge is 0.326 e. The second kappa shape index (κ2) is 12.0. The number of hydrogen-bond acceptors (Lipinski definition) is 4. The minimum Gasteiger partial charge on any atom is -0.396 e. The maximum absolute atomic E-state index is 13.5. The fourth-order valence-electron chi connectivity index (χ4n) is 6.15. The van der Waals surface area contributed by atoms with E-state index in [0.29, 0.717) is 33.7 Å². The number of nitrogens with one attached hydrogen (secondary N) is 1. The number of aliphatic hydroxyl groups is 1. The van der Waals surface area contributed by atoms with E-state index < -0.39 is 0 Å². The summed E-state index contributed by atoms with van der Waals surface area (Å²) in [4.78, 5) is 21.6. The highest BCUT2D eigenvalue weighted by atomic mass is 35.5. The Morgan fingerprint density at radius 3 is 2.37 bits per heavy atom. The largest absolute Gasteiger partial charge is 0.396 e. The van der Waals surface area contributed by atoms with Crippen LogP contribution < -0.4 is 10.2 Å². The van der Waals surface area contributed by atoms with E-state index in [1.54, 1.807) is 23.1 Å².